The van der Waals surface area contributed by atoms with Crippen LogP contribution in [0, 0.1) is 5.92 Å². The molecule has 0 fully saturated rings. The lowest BCUT2D eigenvalue weighted by molar-refractivity contribution is 0.472. The molecular formula is C16H24BrNO2S. The van der Waals surface area contributed by atoms with Gasteiger partial charge in [-0.1, -0.05) is 54.1 Å². The third-order valence-electron chi connectivity index (χ3n) is 3.02. The van der Waals surface area contributed by atoms with Gasteiger partial charge in [-0.15, -0.1) is 0 Å². The van der Waals surface area contributed by atoms with E-state index in [0.29, 0.717) is 24.1 Å². The highest BCUT2D eigenvalue weighted by atomic mass is 79.9. The monoisotopic (exact) mass is 373 g/mol. The number of hydrogen-bond donors (Lipinski definition) is 2. The maximum Gasteiger partial charge on any atom is 0.152 e. The van der Waals surface area contributed by atoms with Crippen molar-refractivity contribution in [1.29, 1.82) is 0 Å². The molecule has 0 saturated heterocycles. The second-order valence-corrected chi connectivity index (χ2v) is 7.45. The average molecular weight is 374 g/mol. The lowest BCUT2D eigenvalue weighted by Gasteiger charge is -2.17. The van der Waals surface area contributed by atoms with Crippen molar-refractivity contribution in [2.45, 2.75) is 32.7 Å². The first kappa shape index (κ1) is 18.6. The van der Waals surface area contributed by atoms with Crippen molar-refractivity contribution in [2.75, 3.05) is 12.3 Å². The largest absolute Gasteiger partial charge is 0.310 e. The quantitative estimate of drug-likeness (QED) is 0.506. The Bertz CT molecular complexity index is 460. The summed E-state index contributed by atoms with van der Waals surface area (Å²) < 4.78 is 20.5. The van der Waals surface area contributed by atoms with E-state index in [1.807, 2.05) is 12.1 Å². The van der Waals surface area contributed by atoms with Gasteiger partial charge in [0.1, 0.15) is 0 Å². The minimum absolute atomic E-state index is 0.292. The molecule has 0 aromatic heterocycles. The van der Waals surface area contributed by atoms with Crippen LogP contribution >= 0.6 is 15.9 Å². The fraction of sp³-hybridized carbons (Fsp3) is 0.500. The fourth-order valence-corrected chi connectivity index (χ4v) is 2.68. The maximum atomic E-state index is 10.6. The van der Waals surface area contributed by atoms with E-state index in [9.17, 15) is 4.21 Å². The van der Waals surface area contributed by atoms with Gasteiger partial charge in [0.15, 0.2) is 11.1 Å². The van der Waals surface area contributed by atoms with Crippen LogP contribution in [0.3, 0.4) is 0 Å². The van der Waals surface area contributed by atoms with Gasteiger partial charge in [0, 0.05) is 10.5 Å². The molecule has 2 atom stereocenters. The summed E-state index contributed by atoms with van der Waals surface area (Å²) >= 11 is 1.74. The lowest BCUT2D eigenvalue weighted by atomic mass is 10.0. The molecule has 0 spiro atoms. The summed E-state index contributed by atoms with van der Waals surface area (Å²) in [5.74, 6) is 0.932. The van der Waals surface area contributed by atoms with E-state index >= 15 is 0 Å². The van der Waals surface area contributed by atoms with Crippen molar-refractivity contribution in [3.8, 4) is 0 Å². The zero-order valence-electron chi connectivity index (χ0n) is 12.6. The van der Waals surface area contributed by atoms with Crippen LogP contribution < -0.4 is 5.32 Å². The molecule has 3 nitrogen and oxygen atoms in total. The predicted octanol–water partition coefficient (Wildman–Crippen LogP) is 4.08. The van der Waals surface area contributed by atoms with Crippen LogP contribution in [-0.2, 0) is 11.1 Å². The van der Waals surface area contributed by atoms with Crippen molar-refractivity contribution in [3.63, 3.8) is 0 Å². The minimum atomic E-state index is -1.69. The molecule has 2 N–H and O–H groups in total. The number of rotatable bonds is 9. The first-order chi connectivity index (χ1) is 9.97. The molecule has 1 aromatic rings. The molecule has 0 radical (unpaired) electrons. The molecule has 0 aliphatic rings. The Morgan fingerprint density at radius 2 is 2.00 bits per heavy atom. The highest BCUT2D eigenvalue weighted by Crippen LogP contribution is 2.13. The topological polar surface area (TPSA) is 49.3 Å². The van der Waals surface area contributed by atoms with E-state index < -0.39 is 11.1 Å². The van der Waals surface area contributed by atoms with Crippen LogP contribution in [0.4, 0.5) is 0 Å². The molecule has 0 saturated carbocycles. The van der Waals surface area contributed by atoms with E-state index in [0.717, 1.165) is 17.4 Å². The van der Waals surface area contributed by atoms with E-state index in [1.165, 1.54) is 5.56 Å². The van der Waals surface area contributed by atoms with Gasteiger partial charge < -0.3 is 9.87 Å². The van der Waals surface area contributed by atoms with Gasteiger partial charge in [0.05, 0.1) is 5.75 Å². The summed E-state index contributed by atoms with van der Waals surface area (Å²) in [5.41, 5.74) is 1.17. The van der Waals surface area contributed by atoms with Gasteiger partial charge >= 0.3 is 0 Å². The van der Waals surface area contributed by atoms with Crippen molar-refractivity contribution in [3.05, 3.63) is 40.4 Å². The van der Waals surface area contributed by atoms with Crippen molar-refractivity contribution < 1.29 is 8.76 Å². The SMILES string of the molecule is CC(C)CC(/C=C/c1ccc(Br)cc1)NCCCS(=O)O. The molecule has 21 heavy (non-hydrogen) atoms. The molecule has 1 rings (SSSR count). The number of benzene rings is 1. The van der Waals surface area contributed by atoms with E-state index in [2.05, 4.69) is 59.4 Å². The molecule has 0 heterocycles. The standard InChI is InChI=1S/C16H24BrNO2S/c1-13(2)12-16(18-10-3-11-21(19)20)9-6-14-4-7-15(17)8-5-14/h4-9,13,16,18H,3,10-12H2,1-2H3,(H,19,20)/b9-6+. The van der Waals surface area contributed by atoms with Crippen LogP contribution in [0.1, 0.15) is 32.3 Å². The van der Waals surface area contributed by atoms with E-state index in [-0.39, 0.29) is 0 Å². The van der Waals surface area contributed by atoms with Crippen LogP contribution in [0.15, 0.2) is 34.8 Å². The first-order valence-electron chi connectivity index (χ1n) is 7.22. The number of halogens is 1. The third kappa shape index (κ3) is 9.19. The molecule has 0 aliphatic carbocycles. The highest BCUT2D eigenvalue weighted by Gasteiger charge is 2.07. The zero-order chi connectivity index (χ0) is 15.7. The molecule has 0 aliphatic heterocycles. The maximum absolute atomic E-state index is 10.6. The van der Waals surface area contributed by atoms with Gasteiger partial charge in [-0.05, 0) is 43.0 Å². The van der Waals surface area contributed by atoms with Gasteiger partial charge in [0.25, 0.3) is 0 Å². The van der Waals surface area contributed by atoms with Gasteiger partial charge in [-0.2, -0.15) is 0 Å². The molecule has 1 aromatic carbocycles. The molecule has 5 heteroatoms. The predicted molar refractivity (Wildman–Crippen MR) is 94.7 cm³/mol. The Labute approximate surface area is 138 Å². The number of nitrogens with one attached hydrogen (secondary N) is 1. The second kappa shape index (κ2) is 10.3. The van der Waals surface area contributed by atoms with Crippen LogP contribution in [0.25, 0.3) is 6.08 Å². The van der Waals surface area contributed by atoms with Gasteiger partial charge in [-0.3, -0.25) is 0 Å². The number of hydrogen-bond acceptors (Lipinski definition) is 2. The molecule has 0 bridgehead atoms. The second-order valence-electron chi connectivity index (χ2n) is 5.48. The summed E-state index contributed by atoms with van der Waals surface area (Å²) in [5, 5.41) is 3.45. The Hall–Kier alpha value is -0.490. The normalized spacial score (nSPS) is 14.7. The Morgan fingerprint density at radius 3 is 2.57 bits per heavy atom. The van der Waals surface area contributed by atoms with Crippen LogP contribution in [-0.4, -0.2) is 27.1 Å². The summed E-state index contributed by atoms with van der Waals surface area (Å²) in [7, 11) is 0. The van der Waals surface area contributed by atoms with E-state index in [1.54, 1.807) is 0 Å². The third-order valence-corrected chi connectivity index (χ3v) is 4.19. The molecule has 2 unspecified atom stereocenters. The summed E-state index contributed by atoms with van der Waals surface area (Å²) in [6.07, 6.45) is 6.06. The van der Waals surface area contributed by atoms with E-state index in [4.69, 9.17) is 4.55 Å². The molecule has 118 valence electrons. The van der Waals surface area contributed by atoms with Crippen LogP contribution in [0.5, 0.6) is 0 Å². The summed E-state index contributed by atoms with van der Waals surface area (Å²) in [6, 6.07) is 8.49. The Kier molecular flexibility index (Phi) is 9.08. The average Bonchev–Trinajstić information content (AvgIpc) is 2.41. The van der Waals surface area contributed by atoms with Crippen LogP contribution in [0.2, 0.25) is 0 Å². The van der Waals surface area contributed by atoms with Crippen molar-refractivity contribution in [2.24, 2.45) is 5.92 Å². The zero-order valence-corrected chi connectivity index (χ0v) is 15.0. The minimum Gasteiger partial charge on any atom is -0.310 e. The highest BCUT2D eigenvalue weighted by molar-refractivity contribution is 9.10. The molecule has 0 amide bonds. The van der Waals surface area contributed by atoms with Gasteiger partial charge in [-0.25, -0.2) is 4.21 Å². The summed E-state index contributed by atoms with van der Waals surface area (Å²) in [4.78, 5) is 0. The molecular weight excluding hydrogens is 350 g/mol. The lowest BCUT2D eigenvalue weighted by Crippen LogP contribution is -2.30. The smallest absolute Gasteiger partial charge is 0.152 e. The Balaban J connectivity index is 2.52. The van der Waals surface area contributed by atoms with Crippen molar-refractivity contribution >= 4 is 33.1 Å². The van der Waals surface area contributed by atoms with Gasteiger partial charge in [0.2, 0.25) is 0 Å². The van der Waals surface area contributed by atoms with Crippen molar-refractivity contribution in [1.82, 2.24) is 5.32 Å². The summed E-state index contributed by atoms with van der Waals surface area (Å²) in [6.45, 7) is 5.16. The first-order valence-corrected chi connectivity index (χ1v) is 9.29. The fourth-order valence-electron chi connectivity index (χ4n) is 2.02. The Morgan fingerprint density at radius 1 is 1.33 bits per heavy atom.